The average Bonchev–Trinajstić information content (AvgIpc) is 2.29. The van der Waals surface area contributed by atoms with Crippen LogP contribution in [0.5, 0.6) is 0 Å². The van der Waals surface area contributed by atoms with Gasteiger partial charge in [-0.05, 0) is 33.6 Å². The van der Waals surface area contributed by atoms with Crippen molar-refractivity contribution in [3.05, 3.63) is 28.2 Å². The van der Waals surface area contributed by atoms with Crippen LogP contribution in [0.2, 0.25) is 0 Å². The van der Waals surface area contributed by atoms with Crippen LogP contribution >= 0.6 is 15.9 Å². The summed E-state index contributed by atoms with van der Waals surface area (Å²) >= 11 is 3.17. The largest absolute Gasteiger partial charge is 0.392 e. The maximum atomic E-state index is 11.9. The first-order valence-electron chi connectivity index (χ1n) is 4.89. The second-order valence-electron chi connectivity index (χ2n) is 3.31. The molecule has 0 aliphatic carbocycles. The Morgan fingerprint density at radius 1 is 1.47 bits per heavy atom. The molecule has 0 bridgehead atoms. The summed E-state index contributed by atoms with van der Waals surface area (Å²) in [5, 5.41) is 8.98. The summed E-state index contributed by atoms with van der Waals surface area (Å²) in [6.07, 6.45) is 0. The van der Waals surface area contributed by atoms with Gasteiger partial charge in [-0.3, -0.25) is 0 Å². The molecule has 0 radical (unpaired) electrons. The highest BCUT2D eigenvalue weighted by atomic mass is 79.9. The summed E-state index contributed by atoms with van der Waals surface area (Å²) in [7, 11) is -2.09. The molecule has 1 rings (SSSR count). The first-order valence-corrected chi connectivity index (χ1v) is 7.17. The fourth-order valence-electron chi connectivity index (χ4n) is 1.21. The minimum Gasteiger partial charge on any atom is -0.392 e. The summed E-state index contributed by atoms with van der Waals surface area (Å²) in [5.74, 6) is 0. The third kappa shape index (κ3) is 4.04. The van der Waals surface area contributed by atoms with E-state index in [4.69, 9.17) is 9.84 Å². The zero-order valence-electron chi connectivity index (χ0n) is 9.31. The van der Waals surface area contributed by atoms with Crippen LogP contribution in [0.1, 0.15) is 5.56 Å². The van der Waals surface area contributed by atoms with Gasteiger partial charge in [0, 0.05) is 18.1 Å². The Morgan fingerprint density at radius 3 is 2.76 bits per heavy atom. The summed E-state index contributed by atoms with van der Waals surface area (Å²) in [4.78, 5) is 0.111. The van der Waals surface area contributed by atoms with Gasteiger partial charge in [-0.2, -0.15) is 0 Å². The van der Waals surface area contributed by atoms with E-state index < -0.39 is 10.0 Å². The Hall–Kier alpha value is -0.470. The second kappa shape index (κ2) is 6.46. The number of aliphatic hydroxyl groups excluding tert-OH is 1. The van der Waals surface area contributed by atoms with Crippen molar-refractivity contribution in [3.63, 3.8) is 0 Å². The van der Waals surface area contributed by atoms with Gasteiger partial charge < -0.3 is 9.84 Å². The number of hydrogen-bond donors (Lipinski definition) is 2. The van der Waals surface area contributed by atoms with Crippen molar-refractivity contribution in [2.24, 2.45) is 0 Å². The van der Waals surface area contributed by atoms with Gasteiger partial charge in [-0.1, -0.05) is 6.07 Å². The predicted molar refractivity (Wildman–Crippen MR) is 67.1 cm³/mol. The van der Waals surface area contributed by atoms with Crippen LogP contribution in [0.15, 0.2) is 27.6 Å². The number of aliphatic hydroxyl groups is 1. The number of benzene rings is 1. The van der Waals surface area contributed by atoms with Gasteiger partial charge in [-0.25, -0.2) is 13.1 Å². The fourth-order valence-corrected chi connectivity index (χ4v) is 3.23. The van der Waals surface area contributed by atoms with Crippen LogP contribution in [-0.4, -0.2) is 33.8 Å². The van der Waals surface area contributed by atoms with Gasteiger partial charge in [0.1, 0.15) is 0 Å². The molecule has 0 fully saturated rings. The molecule has 1 aromatic rings. The van der Waals surface area contributed by atoms with Crippen LogP contribution in [0.4, 0.5) is 0 Å². The molecular weight excluding hydrogens is 310 g/mol. The summed E-state index contributed by atoms with van der Waals surface area (Å²) in [6, 6.07) is 4.67. The molecule has 17 heavy (non-hydrogen) atoms. The van der Waals surface area contributed by atoms with Crippen molar-refractivity contribution < 1.29 is 18.3 Å². The lowest BCUT2D eigenvalue weighted by atomic mass is 10.2. The van der Waals surface area contributed by atoms with E-state index in [-0.39, 0.29) is 18.0 Å². The zero-order chi connectivity index (χ0) is 12.9. The zero-order valence-corrected chi connectivity index (χ0v) is 11.7. The van der Waals surface area contributed by atoms with E-state index in [1.807, 2.05) is 0 Å². The lowest BCUT2D eigenvalue weighted by Crippen LogP contribution is -2.27. The van der Waals surface area contributed by atoms with Crippen LogP contribution in [0.3, 0.4) is 0 Å². The minimum absolute atomic E-state index is 0.111. The van der Waals surface area contributed by atoms with E-state index in [1.165, 1.54) is 13.2 Å². The van der Waals surface area contributed by atoms with Crippen LogP contribution in [0.25, 0.3) is 0 Å². The lowest BCUT2D eigenvalue weighted by molar-refractivity contribution is 0.204. The molecule has 0 unspecified atom stereocenters. The normalized spacial score (nSPS) is 11.7. The highest BCUT2D eigenvalue weighted by Crippen LogP contribution is 2.23. The van der Waals surface area contributed by atoms with E-state index >= 15 is 0 Å². The molecular formula is C10H14BrNO4S. The fraction of sp³-hybridized carbons (Fsp3) is 0.400. The molecule has 2 N–H and O–H groups in total. The molecule has 0 saturated carbocycles. The smallest absolute Gasteiger partial charge is 0.241 e. The molecule has 0 heterocycles. The topological polar surface area (TPSA) is 75.6 Å². The van der Waals surface area contributed by atoms with E-state index in [0.717, 1.165) is 0 Å². The van der Waals surface area contributed by atoms with Crippen molar-refractivity contribution in [2.45, 2.75) is 11.5 Å². The lowest BCUT2D eigenvalue weighted by Gasteiger charge is -2.09. The van der Waals surface area contributed by atoms with Gasteiger partial charge in [0.15, 0.2) is 0 Å². The van der Waals surface area contributed by atoms with E-state index in [9.17, 15) is 8.42 Å². The molecule has 0 saturated heterocycles. The molecule has 96 valence electrons. The molecule has 0 aromatic heterocycles. The molecule has 0 spiro atoms. The van der Waals surface area contributed by atoms with E-state index in [0.29, 0.717) is 16.6 Å². The highest BCUT2D eigenvalue weighted by Gasteiger charge is 2.17. The Bertz CT molecular complexity index is 475. The first-order chi connectivity index (χ1) is 8.01. The van der Waals surface area contributed by atoms with Crippen molar-refractivity contribution in [1.29, 1.82) is 0 Å². The second-order valence-corrected chi connectivity index (χ2v) is 5.90. The molecule has 0 aliphatic rings. The molecule has 0 aliphatic heterocycles. The Kier molecular flexibility index (Phi) is 5.54. The van der Waals surface area contributed by atoms with Gasteiger partial charge >= 0.3 is 0 Å². The van der Waals surface area contributed by atoms with Crippen molar-refractivity contribution in [1.82, 2.24) is 4.72 Å². The van der Waals surface area contributed by atoms with Gasteiger partial charge in [0.05, 0.1) is 18.1 Å². The number of ether oxygens (including phenoxy) is 1. The molecule has 0 atom stereocenters. The summed E-state index contributed by atoms with van der Waals surface area (Å²) in [6.45, 7) is 0.305. The van der Waals surface area contributed by atoms with Gasteiger partial charge in [-0.15, -0.1) is 0 Å². The Labute approximate surface area is 109 Å². The number of rotatable bonds is 6. The van der Waals surface area contributed by atoms with Crippen molar-refractivity contribution in [2.75, 3.05) is 20.3 Å². The maximum absolute atomic E-state index is 11.9. The first kappa shape index (κ1) is 14.6. The Morgan fingerprint density at radius 2 is 2.18 bits per heavy atom. The summed E-state index contributed by atoms with van der Waals surface area (Å²) < 4.78 is 31.5. The molecule has 0 amide bonds. The third-order valence-electron chi connectivity index (χ3n) is 2.07. The number of hydrogen-bond acceptors (Lipinski definition) is 4. The number of sulfonamides is 1. The highest BCUT2D eigenvalue weighted by molar-refractivity contribution is 9.10. The third-order valence-corrected chi connectivity index (χ3v) is 4.52. The molecule has 5 nitrogen and oxygen atoms in total. The number of methoxy groups -OCH3 is 1. The standard InChI is InChI=1S/C10H14BrNO4S/c1-16-5-4-12-17(14,15)10-6-8(7-13)2-3-9(10)11/h2-3,6,12-13H,4-5,7H2,1H3. The predicted octanol–water partition coefficient (Wildman–Crippen LogP) is 0.866. The van der Waals surface area contributed by atoms with E-state index in [1.54, 1.807) is 12.1 Å². The van der Waals surface area contributed by atoms with Gasteiger partial charge in [0.2, 0.25) is 10.0 Å². The SMILES string of the molecule is COCCNS(=O)(=O)c1cc(CO)ccc1Br. The monoisotopic (exact) mass is 323 g/mol. The van der Waals surface area contributed by atoms with Crippen LogP contribution in [0, 0.1) is 0 Å². The quantitative estimate of drug-likeness (QED) is 0.761. The van der Waals surface area contributed by atoms with Crippen LogP contribution in [-0.2, 0) is 21.4 Å². The Balaban J connectivity index is 2.97. The number of nitrogens with one attached hydrogen (secondary N) is 1. The average molecular weight is 324 g/mol. The van der Waals surface area contributed by atoms with E-state index in [2.05, 4.69) is 20.7 Å². The number of halogens is 1. The van der Waals surface area contributed by atoms with Crippen molar-refractivity contribution >= 4 is 26.0 Å². The molecule has 1 aromatic carbocycles. The van der Waals surface area contributed by atoms with Gasteiger partial charge in [0.25, 0.3) is 0 Å². The summed E-state index contributed by atoms with van der Waals surface area (Å²) in [5.41, 5.74) is 0.542. The molecule has 7 heteroatoms. The maximum Gasteiger partial charge on any atom is 0.241 e. The van der Waals surface area contributed by atoms with Crippen molar-refractivity contribution in [3.8, 4) is 0 Å². The minimum atomic E-state index is -3.58. The van der Waals surface area contributed by atoms with Crippen LogP contribution < -0.4 is 4.72 Å².